The van der Waals surface area contributed by atoms with Crippen LogP contribution in [0.15, 0.2) is 6.07 Å². The van der Waals surface area contributed by atoms with E-state index in [-0.39, 0.29) is 6.10 Å². The Kier molecular flexibility index (Phi) is 2.02. The first-order valence-electron chi connectivity index (χ1n) is 4.27. The monoisotopic (exact) mass is 180 g/mol. The Morgan fingerprint density at radius 3 is 2.54 bits per heavy atom. The molecule has 1 aliphatic rings. The maximum absolute atomic E-state index is 5.54. The van der Waals surface area contributed by atoms with Gasteiger partial charge in [-0.3, -0.25) is 0 Å². The summed E-state index contributed by atoms with van der Waals surface area (Å²) in [7, 11) is 0. The number of anilines is 2. The van der Waals surface area contributed by atoms with Crippen molar-refractivity contribution in [3.8, 4) is 0 Å². The first kappa shape index (κ1) is 8.25. The topological polar surface area (TPSA) is 87.1 Å². The number of nitrogens with zero attached hydrogens (tertiary/aromatic N) is 2. The maximum atomic E-state index is 5.54. The summed E-state index contributed by atoms with van der Waals surface area (Å²) >= 11 is 0. The van der Waals surface area contributed by atoms with Crippen LogP contribution < -0.4 is 11.5 Å². The fourth-order valence-corrected chi connectivity index (χ4v) is 1.43. The molecule has 0 aromatic carbocycles. The molecule has 70 valence electrons. The van der Waals surface area contributed by atoms with E-state index in [9.17, 15) is 0 Å². The molecule has 4 N–H and O–H groups in total. The SMILES string of the molecule is Nc1cc(N)nc(C2CCCO2)n1. The van der Waals surface area contributed by atoms with Gasteiger partial charge in [0.05, 0.1) is 0 Å². The number of hydrogen-bond acceptors (Lipinski definition) is 5. The molecule has 0 radical (unpaired) electrons. The highest BCUT2D eigenvalue weighted by molar-refractivity contribution is 5.41. The zero-order valence-electron chi connectivity index (χ0n) is 7.23. The molecule has 5 heteroatoms. The standard InChI is InChI=1S/C8H12N4O/c9-6-4-7(10)12-8(11-6)5-2-1-3-13-5/h4-5H,1-3H2,(H4,9,10,11,12). The number of rotatable bonds is 1. The Hall–Kier alpha value is -1.36. The second-order valence-electron chi connectivity index (χ2n) is 3.08. The summed E-state index contributed by atoms with van der Waals surface area (Å²) in [6, 6.07) is 1.54. The van der Waals surface area contributed by atoms with Crippen LogP contribution in [0.5, 0.6) is 0 Å². The van der Waals surface area contributed by atoms with Crippen molar-refractivity contribution in [3.63, 3.8) is 0 Å². The van der Waals surface area contributed by atoms with E-state index >= 15 is 0 Å². The molecule has 1 unspecified atom stereocenters. The molecule has 1 aliphatic heterocycles. The van der Waals surface area contributed by atoms with E-state index < -0.39 is 0 Å². The average molecular weight is 180 g/mol. The lowest BCUT2D eigenvalue weighted by atomic mass is 10.2. The number of ether oxygens (including phenoxy) is 1. The van der Waals surface area contributed by atoms with Crippen LogP contribution in [0.3, 0.4) is 0 Å². The average Bonchev–Trinajstić information content (AvgIpc) is 2.53. The van der Waals surface area contributed by atoms with Gasteiger partial charge < -0.3 is 16.2 Å². The van der Waals surface area contributed by atoms with Crippen molar-refractivity contribution in [2.24, 2.45) is 0 Å². The van der Waals surface area contributed by atoms with Crippen LogP contribution >= 0.6 is 0 Å². The molecule has 0 bridgehead atoms. The lowest BCUT2D eigenvalue weighted by molar-refractivity contribution is 0.105. The lowest BCUT2D eigenvalue weighted by Gasteiger charge is -2.08. The van der Waals surface area contributed by atoms with E-state index in [1.54, 1.807) is 6.07 Å². The molecule has 0 aliphatic carbocycles. The van der Waals surface area contributed by atoms with Crippen molar-refractivity contribution >= 4 is 11.6 Å². The van der Waals surface area contributed by atoms with E-state index in [0.717, 1.165) is 19.4 Å². The maximum Gasteiger partial charge on any atom is 0.161 e. The fraction of sp³-hybridized carbons (Fsp3) is 0.500. The van der Waals surface area contributed by atoms with Crippen LogP contribution in [-0.2, 0) is 4.74 Å². The van der Waals surface area contributed by atoms with Gasteiger partial charge in [-0.15, -0.1) is 0 Å². The molecule has 2 heterocycles. The van der Waals surface area contributed by atoms with Crippen molar-refractivity contribution in [2.75, 3.05) is 18.1 Å². The van der Waals surface area contributed by atoms with Crippen LogP contribution in [0.2, 0.25) is 0 Å². The first-order valence-corrected chi connectivity index (χ1v) is 4.27. The second kappa shape index (κ2) is 3.18. The summed E-state index contributed by atoms with van der Waals surface area (Å²) < 4.78 is 5.41. The highest BCUT2D eigenvalue weighted by Crippen LogP contribution is 2.26. The third-order valence-electron chi connectivity index (χ3n) is 2.00. The Morgan fingerprint density at radius 2 is 2.00 bits per heavy atom. The van der Waals surface area contributed by atoms with Crippen LogP contribution in [0.4, 0.5) is 11.6 Å². The van der Waals surface area contributed by atoms with Gasteiger partial charge in [-0.25, -0.2) is 9.97 Å². The van der Waals surface area contributed by atoms with Gasteiger partial charge in [0.25, 0.3) is 0 Å². The smallest absolute Gasteiger partial charge is 0.161 e. The van der Waals surface area contributed by atoms with E-state index in [2.05, 4.69) is 9.97 Å². The predicted octanol–water partition coefficient (Wildman–Crippen LogP) is 0.492. The van der Waals surface area contributed by atoms with Crippen LogP contribution in [0, 0.1) is 0 Å². The predicted molar refractivity (Wildman–Crippen MR) is 48.8 cm³/mol. The molecule has 0 spiro atoms. The van der Waals surface area contributed by atoms with E-state index in [1.807, 2.05) is 0 Å². The number of nitrogens with two attached hydrogens (primary N) is 2. The van der Waals surface area contributed by atoms with Gasteiger partial charge in [-0.05, 0) is 12.8 Å². The minimum Gasteiger partial charge on any atom is -0.384 e. The van der Waals surface area contributed by atoms with Crippen molar-refractivity contribution in [1.29, 1.82) is 0 Å². The molecule has 0 amide bonds. The van der Waals surface area contributed by atoms with Gasteiger partial charge in [-0.1, -0.05) is 0 Å². The molecule has 1 fully saturated rings. The zero-order valence-corrected chi connectivity index (χ0v) is 7.23. The third kappa shape index (κ3) is 1.70. The van der Waals surface area contributed by atoms with Crippen LogP contribution in [-0.4, -0.2) is 16.6 Å². The van der Waals surface area contributed by atoms with Gasteiger partial charge in [0.15, 0.2) is 5.82 Å². The summed E-state index contributed by atoms with van der Waals surface area (Å²) in [5.41, 5.74) is 11.1. The van der Waals surface area contributed by atoms with Gasteiger partial charge in [0.1, 0.15) is 17.7 Å². The molecule has 1 aromatic heterocycles. The van der Waals surface area contributed by atoms with Crippen molar-refractivity contribution in [3.05, 3.63) is 11.9 Å². The van der Waals surface area contributed by atoms with Gasteiger partial charge in [0.2, 0.25) is 0 Å². The molecular formula is C8H12N4O. The van der Waals surface area contributed by atoms with E-state index in [0.29, 0.717) is 17.5 Å². The summed E-state index contributed by atoms with van der Waals surface area (Å²) in [5.74, 6) is 1.41. The highest BCUT2D eigenvalue weighted by atomic mass is 16.5. The van der Waals surface area contributed by atoms with Crippen molar-refractivity contribution in [1.82, 2.24) is 9.97 Å². The molecular weight excluding hydrogens is 168 g/mol. The minimum atomic E-state index is -0.0224. The minimum absolute atomic E-state index is 0.0224. The molecule has 1 atom stereocenters. The number of hydrogen-bond donors (Lipinski definition) is 2. The van der Waals surface area contributed by atoms with E-state index in [1.165, 1.54) is 0 Å². The van der Waals surface area contributed by atoms with Gasteiger partial charge in [0, 0.05) is 12.7 Å². The van der Waals surface area contributed by atoms with Gasteiger partial charge >= 0.3 is 0 Å². The Labute approximate surface area is 76.1 Å². The highest BCUT2D eigenvalue weighted by Gasteiger charge is 2.20. The molecule has 2 rings (SSSR count). The Morgan fingerprint density at radius 1 is 1.31 bits per heavy atom. The molecule has 0 saturated carbocycles. The Bertz CT molecular complexity index is 289. The number of nitrogen functional groups attached to an aromatic ring is 2. The van der Waals surface area contributed by atoms with Crippen molar-refractivity contribution in [2.45, 2.75) is 18.9 Å². The number of aromatic nitrogens is 2. The van der Waals surface area contributed by atoms with E-state index in [4.69, 9.17) is 16.2 Å². The summed E-state index contributed by atoms with van der Waals surface area (Å²) in [6.45, 7) is 0.767. The molecule has 13 heavy (non-hydrogen) atoms. The van der Waals surface area contributed by atoms with Gasteiger partial charge in [-0.2, -0.15) is 0 Å². The normalized spacial score (nSPS) is 22.0. The first-order chi connectivity index (χ1) is 6.25. The summed E-state index contributed by atoms with van der Waals surface area (Å²) in [4.78, 5) is 8.16. The molecule has 5 nitrogen and oxygen atoms in total. The largest absolute Gasteiger partial charge is 0.384 e. The quantitative estimate of drug-likeness (QED) is 0.656. The molecule has 1 saturated heterocycles. The van der Waals surface area contributed by atoms with Crippen LogP contribution in [0.1, 0.15) is 24.8 Å². The fourth-order valence-electron chi connectivity index (χ4n) is 1.43. The summed E-state index contributed by atoms with van der Waals surface area (Å²) in [6.07, 6.45) is 1.97. The van der Waals surface area contributed by atoms with Crippen molar-refractivity contribution < 1.29 is 4.74 Å². The van der Waals surface area contributed by atoms with Crippen LogP contribution in [0.25, 0.3) is 0 Å². The zero-order chi connectivity index (χ0) is 9.26. The Balaban J connectivity index is 2.28. The summed E-state index contributed by atoms with van der Waals surface area (Å²) in [5, 5.41) is 0. The third-order valence-corrected chi connectivity index (χ3v) is 2.00. The second-order valence-corrected chi connectivity index (χ2v) is 3.08. The lowest BCUT2D eigenvalue weighted by Crippen LogP contribution is -2.07. The molecule has 1 aromatic rings.